The van der Waals surface area contributed by atoms with Crippen molar-refractivity contribution in [3.05, 3.63) is 35.5 Å². The van der Waals surface area contributed by atoms with E-state index in [1.165, 1.54) is 0 Å². The van der Waals surface area contributed by atoms with Crippen LogP contribution < -0.4 is 0 Å². The number of rotatable bonds is 7. The topological polar surface area (TPSA) is 47.9 Å². The van der Waals surface area contributed by atoms with Gasteiger partial charge in [0.05, 0.1) is 11.8 Å². The van der Waals surface area contributed by atoms with Crippen LogP contribution in [-0.2, 0) is 14.2 Å². The van der Waals surface area contributed by atoms with Crippen molar-refractivity contribution < 1.29 is 19.3 Å². The second-order valence-electron chi connectivity index (χ2n) is 7.53. The second-order valence-corrected chi connectivity index (χ2v) is 7.53. The maximum absolute atomic E-state index is 10.7. The van der Waals surface area contributed by atoms with E-state index < -0.39 is 5.60 Å². The molecule has 0 saturated carbocycles. The van der Waals surface area contributed by atoms with Crippen LogP contribution in [0.25, 0.3) is 0 Å². The van der Waals surface area contributed by atoms with Gasteiger partial charge in [0.15, 0.2) is 0 Å². The molecule has 3 aliphatic rings. The molecule has 0 spiro atoms. The molecule has 3 rings (SSSR count). The number of ether oxygens (including phenoxy) is 3. The fourth-order valence-electron chi connectivity index (χ4n) is 4.34. The quantitative estimate of drug-likeness (QED) is 0.701. The SMILES string of the molecule is CCCC1(C2=C(O)C=C(C(CC)CC3CCOCC3)OC2)CC=CO1. The van der Waals surface area contributed by atoms with Crippen LogP contribution in [0.4, 0.5) is 0 Å². The van der Waals surface area contributed by atoms with Crippen LogP contribution in [0.3, 0.4) is 0 Å². The lowest BCUT2D eigenvalue weighted by Gasteiger charge is -2.35. The molecule has 1 N–H and O–H groups in total. The highest BCUT2D eigenvalue weighted by molar-refractivity contribution is 5.34. The van der Waals surface area contributed by atoms with E-state index in [2.05, 4.69) is 13.8 Å². The summed E-state index contributed by atoms with van der Waals surface area (Å²) in [6.07, 6.45) is 12.8. The lowest BCUT2D eigenvalue weighted by atomic mass is 9.83. The molecule has 4 nitrogen and oxygen atoms in total. The highest BCUT2D eigenvalue weighted by Crippen LogP contribution is 2.41. The first-order chi connectivity index (χ1) is 12.2. The van der Waals surface area contributed by atoms with Crippen molar-refractivity contribution in [2.75, 3.05) is 19.8 Å². The van der Waals surface area contributed by atoms with Gasteiger partial charge in [-0.3, -0.25) is 0 Å². The van der Waals surface area contributed by atoms with Gasteiger partial charge in [0.1, 0.15) is 23.7 Å². The lowest BCUT2D eigenvalue weighted by Crippen LogP contribution is -2.35. The monoisotopic (exact) mass is 348 g/mol. The van der Waals surface area contributed by atoms with Gasteiger partial charge in [-0.25, -0.2) is 0 Å². The summed E-state index contributed by atoms with van der Waals surface area (Å²) in [6, 6.07) is 0. The van der Waals surface area contributed by atoms with Crippen molar-refractivity contribution in [1.29, 1.82) is 0 Å². The first-order valence-electron chi connectivity index (χ1n) is 9.86. The fraction of sp³-hybridized carbons (Fsp3) is 0.714. The molecule has 2 atom stereocenters. The zero-order valence-corrected chi connectivity index (χ0v) is 15.6. The Balaban J connectivity index is 1.74. The first kappa shape index (κ1) is 18.4. The minimum absolute atomic E-state index is 0.351. The standard InChI is InChI=1S/C21H32O4/c1-3-8-21(9-5-10-25-21)18-15-24-20(14-19(18)22)17(4-2)13-16-6-11-23-12-7-16/h5,10,14,16-17,22H,3-4,6-9,11-13,15H2,1-2H3. The smallest absolute Gasteiger partial charge is 0.140 e. The predicted molar refractivity (Wildman–Crippen MR) is 98.1 cm³/mol. The Kier molecular flexibility index (Phi) is 6.10. The number of aliphatic hydroxyl groups is 1. The second kappa shape index (κ2) is 8.31. The molecule has 0 aromatic rings. The van der Waals surface area contributed by atoms with E-state index in [0.717, 1.165) is 69.5 Å². The number of hydrogen-bond acceptors (Lipinski definition) is 4. The molecule has 2 unspecified atom stereocenters. The number of aliphatic hydroxyl groups excluding tert-OH is 1. The van der Waals surface area contributed by atoms with Crippen LogP contribution in [0, 0.1) is 11.8 Å². The summed E-state index contributed by atoms with van der Waals surface area (Å²) >= 11 is 0. The summed E-state index contributed by atoms with van der Waals surface area (Å²) in [4.78, 5) is 0. The highest BCUT2D eigenvalue weighted by Gasteiger charge is 2.40. The van der Waals surface area contributed by atoms with Crippen LogP contribution in [0.2, 0.25) is 0 Å². The average Bonchev–Trinajstić information content (AvgIpc) is 3.10. The summed E-state index contributed by atoms with van der Waals surface area (Å²) in [7, 11) is 0. The van der Waals surface area contributed by atoms with E-state index in [9.17, 15) is 5.11 Å². The molecule has 4 heteroatoms. The van der Waals surface area contributed by atoms with Crippen molar-refractivity contribution in [3.8, 4) is 0 Å². The Hall–Kier alpha value is -1.42. The Morgan fingerprint density at radius 2 is 2.08 bits per heavy atom. The third-order valence-corrected chi connectivity index (χ3v) is 5.87. The molecule has 140 valence electrons. The van der Waals surface area contributed by atoms with Crippen LogP contribution in [0.1, 0.15) is 58.8 Å². The largest absolute Gasteiger partial charge is 0.508 e. The van der Waals surface area contributed by atoms with E-state index in [0.29, 0.717) is 24.2 Å². The first-order valence-corrected chi connectivity index (χ1v) is 9.86. The van der Waals surface area contributed by atoms with Crippen LogP contribution in [0.5, 0.6) is 0 Å². The Morgan fingerprint density at radius 1 is 1.28 bits per heavy atom. The highest BCUT2D eigenvalue weighted by atomic mass is 16.5. The van der Waals surface area contributed by atoms with Crippen LogP contribution >= 0.6 is 0 Å². The molecule has 0 aliphatic carbocycles. The van der Waals surface area contributed by atoms with Gasteiger partial charge in [-0.15, -0.1) is 0 Å². The van der Waals surface area contributed by atoms with Gasteiger partial charge < -0.3 is 19.3 Å². The summed E-state index contributed by atoms with van der Waals surface area (Å²) in [5, 5.41) is 10.7. The Morgan fingerprint density at radius 3 is 2.68 bits per heavy atom. The van der Waals surface area contributed by atoms with Gasteiger partial charge in [0.25, 0.3) is 0 Å². The Bertz CT molecular complexity index is 532. The van der Waals surface area contributed by atoms with Gasteiger partial charge in [0, 0.05) is 31.6 Å². The van der Waals surface area contributed by atoms with E-state index >= 15 is 0 Å². The predicted octanol–water partition coefficient (Wildman–Crippen LogP) is 5.03. The zero-order valence-electron chi connectivity index (χ0n) is 15.6. The molecule has 0 aromatic heterocycles. The zero-order chi connectivity index (χ0) is 17.7. The van der Waals surface area contributed by atoms with E-state index in [1.54, 1.807) is 6.26 Å². The van der Waals surface area contributed by atoms with Crippen LogP contribution in [-0.4, -0.2) is 30.5 Å². The molecule has 0 amide bonds. The average molecular weight is 348 g/mol. The molecule has 3 aliphatic heterocycles. The summed E-state index contributed by atoms with van der Waals surface area (Å²) in [5.41, 5.74) is 0.479. The number of hydrogen-bond donors (Lipinski definition) is 1. The minimum atomic E-state index is -0.413. The minimum Gasteiger partial charge on any atom is -0.508 e. The molecule has 1 fully saturated rings. The lowest BCUT2D eigenvalue weighted by molar-refractivity contribution is 0.0401. The van der Waals surface area contributed by atoms with Crippen molar-refractivity contribution in [1.82, 2.24) is 0 Å². The van der Waals surface area contributed by atoms with Crippen LogP contribution in [0.15, 0.2) is 35.5 Å². The van der Waals surface area contributed by atoms with Crippen molar-refractivity contribution >= 4 is 0 Å². The summed E-state index contributed by atoms with van der Waals surface area (Å²) in [5.74, 6) is 2.36. The maximum atomic E-state index is 10.7. The number of allylic oxidation sites excluding steroid dienone is 2. The molecule has 3 heterocycles. The van der Waals surface area contributed by atoms with E-state index in [1.807, 2.05) is 12.2 Å². The van der Waals surface area contributed by atoms with Gasteiger partial charge in [-0.2, -0.15) is 0 Å². The molecule has 25 heavy (non-hydrogen) atoms. The van der Waals surface area contributed by atoms with Crippen molar-refractivity contribution in [3.63, 3.8) is 0 Å². The van der Waals surface area contributed by atoms with Gasteiger partial charge in [-0.05, 0) is 44.1 Å². The van der Waals surface area contributed by atoms with Crippen molar-refractivity contribution in [2.24, 2.45) is 11.8 Å². The van der Waals surface area contributed by atoms with E-state index in [4.69, 9.17) is 14.2 Å². The van der Waals surface area contributed by atoms with E-state index in [-0.39, 0.29) is 0 Å². The van der Waals surface area contributed by atoms with Gasteiger partial charge in [0.2, 0.25) is 0 Å². The third kappa shape index (κ3) is 4.05. The van der Waals surface area contributed by atoms with Crippen molar-refractivity contribution in [2.45, 2.75) is 64.4 Å². The molecule has 0 bridgehead atoms. The molecule has 1 saturated heterocycles. The summed E-state index contributed by atoms with van der Waals surface area (Å²) in [6.45, 7) is 6.53. The third-order valence-electron chi connectivity index (χ3n) is 5.87. The molecule has 0 aromatic carbocycles. The normalized spacial score (nSPS) is 28.5. The summed E-state index contributed by atoms with van der Waals surface area (Å²) < 4.78 is 17.5. The van der Waals surface area contributed by atoms with Gasteiger partial charge in [-0.1, -0.05) is 20.3 Å². The molecular formula is C21H32O4. The Labute approximate surface area is 151 Å². The van der Waals surface area contributed by atoms with Gasteiger partial charge >= 0.3 is 0 Å². The molecular weight excluding hydrogens is 316 g/mol. The molecule has 0 radical (unpaired) electrons. The fourth-order valence-corrected chi connectivity index (χ4v) is 4.34. The maximum Gasteiger partial charge on any atom is 0.140 e.